The largest absolute Gasteiger partial charge is 0.469 e. The lowest BCUT2D eigenvalue weighted by Gasteiger charge is -2.37. The van der Waals surface area contributed by atoms with Gasteiger partial charge in [-0.15, -0.1) is 0 Å². The van der Waals surface area contributed by atoms with Crippen LogP contribution in [-0.4, -0.2) is 11.8 Å². The van der Waals surface area contributed by atoms with Crippen molar-refractivity contribution in [3.63, 3.8) is 0 Å². The minimum atomic E-state index is -0.992. The van der Waals surface area contributed by atoms with Crippen LogP contribution in [0.25, 0.3) is 0 Å². The van der Waals surface area contributed by atoms with Crippen molar-refractivity contribution < 1.29 is 14.0 Å². The van der Waals surface area contributed by atoms with Gasteiger partial charge < -0.3 is 15.9 Å². The first-order valence-electron chi connectivity index (χ1n) is 7.45. The van der Waals surface area contributed by atoms with E-state index in [1.165, 1.54) is 0 Å². The highest BCUT2D eigenvalue weighted by atomic mass is 16.3. The molecule has 5 heteroatoms. The summed E-state index contributed by atoms with van der Waals surface area (Å²) in [5, 5.41) is 0. The lowest BCUT2D eigenvalue weighted by Crippen LogP contribution is -2.50. The number of nitrogens with two attached hydrogens (primary N) is 2. The van der Waals surface area contributed by atoms with Crippen molar-refractivity contribution in [2.45, 2.75) is 46.5 Å². The fourth-order valence-electron chi connectivity index (χ4n) is 3.13. The summed E-state index contributed by atoms with van der Waals surface area (Å²) in [6.45, 7) is 5.97. The highest BCUT2D eigenvalue weighted by Gasteiger charge is 2.47. The molecule has 0 spiro atoms. The minimum absolute atomic E-state index is 0.214. The average Bonchev–Trinajstić information content (AvgIpc) is 2.86. The second kappa shape index (κ2) is 7.29. The molecule has 1 aromatic rings. The quantitative estimate of drug-likeness (QED) is 0.730. The minimum Gasteiger partial charge on any atom is -0.469 e. The normalized spacial score (nSPS) is 15.6. The van der Waals surface area contributed by atoms with Crippen LogP contribution in [0.1, 0.15) is 45.8 Å². The SMILES string of the molecule is CCCC(C(N)=O)C(Cc1ccco1)(CC(C)C)C(N)=O. The van der Waals surface area contributed by atoms with Crippen molar-refractivity contribution >= 4 is 11.8 Å². The number of carbonyl (C=O) groups excluding carboxylic acids is 2. The lowest BCUT2D eigenvalue weighted by molar-refractivity contribution is -0.141. The Kier molecular flexibility index (Phi) is 6.00. The van der Waals surface area contributed by atoms with E-state index in [0.29, 0.717) is 25.0 Å². The molecule has 0 aliphatic heterocycles. The van der Waals surface area contributed by atoms with Gasteiger partial charge in [0, 0.05) is 6.42 Å². The highest BCUT2D eigenvalue weighted by Crippen LogP contribution is 2.40. The molecule has 4 N–H and O–H groups in total. The standard InChI is InChI=1S/C16H26N2O3/c1-4-6-13(14(17)19)16(15(18)20,9-11(2)3)10-12-7-5-8-21-12/h5,7-8,11,13H,4,6,9-10H2,1-3H3,(H2,17,19)(H2,18,20). The predicted molar refractivity (Wildman–Crippen MR) is 81.1 cm³/mol. The van der Waals surface area contributed by atoms with E-state index in [0.717, 1.165) is 6.42 Å². The molecular weight excluding hydrogens is 268 g/mol. The molecule has 1 heterocycles. The van der Waals surface area contributed by atoms with Crippen LogP contribution in [0.15, 0.2) is 22.8 Å². The van der Waals surface area contributed by atoms with Crippen molar-refractivity contribution in [1.82, 2.24) is 0 Å². The van der Waals surface area contributed by atoms with E-state index in [2.05, 4.69) is 0 Å². The van der Waals surface area contributed by atoms with Crippen LogP contribution in [0.4, 0.5) is 0 Å². The Morgan fingerprint density at radius 1 is 1.33 bits per heavy atom. The van der Waals surface area contributed by atoms with Crippen LogP contribution in [0.3, 0.4) is 0 Å². The van der Waals surface area contributed by atoms with Crippen LogP contribution >= 0.6 is 0 Å². The number of hydrogen-bond donors (Lipinski definition) is 2. The van der Waals surface area contributed by atoms with Gasteiger partial charge in [-0.05, 0) is 30.9 Å². The molecule has 5 nitrogen and oxygen atoms in total. The number of hydrogen-bond acceptors (Lipinski definition) is 3. The Balaban J connectivity index is 3.27. The Labute approximate surface area is 126 Å². The summed E-state index contributed by atoms with van der Waals surface area (Å²) in [4.78, 5) is 24.2. The molecule has 0 aromatic carbocycles. The summed E-state index contributed by atoms with van der Waals surface area (Å²) < 4.78 is 5.37. The van der Waals surface area contributed by atoms with E-state index in [-0.39, 0.29) is 5.92 Å². The summed E-state index contributed by atoms with van der Waals surface area (Å²) in [6.07, 6.45) is 3.68. The maximum absolute atomic E-state index is 12.3. The summed E-state index contributed by atoms with van der Waals surface area (Å²) in [6, 6.07) is 3.55. The van der Waals surface area contributed by atoms with Crippen molar-refractivity contribution in [2.75, 3.05) is 0 Å². The predicted octanol–water partition coefficient (Wildman–Crippen LogP) is 2.24. The fraction of sp³-hybridized carbons (Fsp3) is 0.625. The van der Waals surface area contributed by atoms with Crippen LogP contribution in [0.2, 0.25) is 0 Å². The first kappa shape index (κ1) is 17.3. The van der Waals surface area contributed by atoms with Crippen molar-refractivity contribution in [3.05, 3.63) is 24.2 Å². The van der Waals surface area contributed by atoms with Crippen molar-refractivity contribution in [2.24, 2.45) is 28.7 Å². The molecule has 2 unspecified atom stereocenters. The van der Waals surface area contributed by atoms with Gasteiger partial charge in [0.1, 0.15) is 5.76 Å². The molecule has 0 saturated heterocycles. The zero-order valence-corrected chi connectivity index (χ0v) is 13.1. The molecule has 0 saturated carbocycles. The van der Waals surface area contributed by atoms with E-state index >= 15 is 0 Å². The van der Waals surface area contributed by atoms with Gasteiger partial charge >= 0.3 is 0 Å². The number of primary amides is 2. The Bertz CT molecular complexity index is 468. The molecule has 118 valence electrons. The third-order valence-corrected chi connectivity index (χ3v) is 3.92. The van der Waals surface area contributed by atoms with E-state index in [1.54, 1.807) is 18.4 Å². The van der Waals surface area contributed by atoms with Gasteiger partial charge in [0.2, 0.25) is 11.8 Å². The molecule has 1 aromatic heterocycles. The monoisotopic (exact) mass is 294 g/mol. The number of amides is 2. The highest BCUT2D eigenvalue weighted by molar-refractivity contribution is 5.89. The summed E-state index contributed by atoms with van der Waals surface area (Å²) in [7, 11) is 0. The summed E-state index contributed by atoms with van der Waals surface area (Å²) in [5.74, 6) is -0.664. The Morgan fingerprint density at radius 2 is 2.00 bits per heavy atom. The zero-order chi connectivity index (χ0) is 16.0. The topological polar surface area (TPSA) is 99.3 Å². The van der Waals surface area contributed by atoms with E-state index in [1.807, 2.05) is 20.8 Å². The maximum atomic E-state index is 12.3. The molecule has 0 fully saturated rings. The van der Waals surface area contributed by atoms with Gasteiger partial charge in [0.25, 0.3) is 0 Å². The molecule has 0 aliphatic carbocycles. The second-order valence-corrected chi connectivity index (χ2v) is 6.12. The Hall–Kier alpha value is -1.78. The lowest BCUT2D eigenvalue weighted by atomic mass is 9.65. The van der Waals surface area contributed by atoms with Gasteiger partial charge in [0.15, 0.2) is 0 Å². The zero-order valence-electron chi connectivity index (χ0n) is 13.1. The van der Waals surface area contributed by atoms with Gasteiger partial charge in [-0.3, -0.25) is 9.59 Å². The van der Waals surface area contributed by atoms with E-state index in [9.17, 15) is 9.59 Å². The van der Waals surface area contributed by atoms with Crippen LogP contribution in [0.5, 0.6) is 0 Å². The first-order chi connectivity index (χ1) is 9.83. The summed E-state index contributed by atoms with van der Waals surface area (Å²) in [5.41, 5.74) is 10.3. The van der Waals surface area contributed by atoms with E-state index < -0.39 is 23.1 Å². The number of furan rings is 1. The van der Waals surface area contributed by atoms with Crippen molar-refractivity contribution in [3.8, 4) is 0 Å². The second-order valence-electron chi connectivity index (χ2n) is 6.12. The summed E-state index contributed by atoms with van der Waals surface area (Å²) >= 11 is 0. The van der Waals surface area contributed by atoms with Gasteiger partial charge in [-0.2, -0.15) is 0 Å². The maximum Gasteiger partial charge on any atom is 0.224 e. The average molecular weight is 294 g/mol. The molecular formula is C16H26N2O3. The van der Waals surface area contributed by atoms with E-state index in [4.69, 9.17) is 15.9 Å². The van der Waals surface area contributed by atoms with Crippen LogP contribution < -0.4 is 11.5 Å². The number of carbonyl (C=O) groups is 2. The molecule has 1 rings (SSSR count). The van der Waals surface area contributed by atoms with Crippen LogP contribution in [0, 0.1) is 17.3 Å². The Morgan fingerprint density at radius 3 is 2.38 bits per heavy atom. The molecule has 0 radical (unpaired) electrons. The first-order valence-corrected chi connectivity index (χ1v) is 7.45. The molecule has 0 bridgehead atoms. The number of rotatable bonds is 9. The van der Waals surface area contributed by atoms with Crippen molar-refractivity contribution in [1.29, 1.82) is 0 Å². The van der Waals surface area contributed by atoms with Gasteiger partial charge in [-0.1, -0.05) is 27.2 Å². The molecule has 0 aliphatic rings. The smallest absolute Gasteiger partial charge is 0.224 e. The van der Waals surface area contributed by atoms with Gasteiger partial charge in [0.05, 0.1) is 17.6 Å². The third kappa shape index (κ3) is 4.09. The molecule has 21 heavy (non-hydrogen) atoms. The van der Waals surface area contributed by atoms with Crippen LogP contribution in [-0.2, 0) is 16.0 Å². The third-order valence-electron chi connectivity index (χ3n) is 3.92. The van der Waals surface area contributed by atoms with Gasteiger partial charge in [-0.25, -0.2) is 0 Å². The molecule has 2 amide bonds. The molecule has 2 atom stereocenters. The fourth-order valence-corrected chi connectivity index (χ4v) is 3.13.